The van der Waals surface area contributed by atoms with Crippen LogP contribution in [0.15, 0.2) is 11.6 Å². The zero-order chi connectivity index (χ0) is 15.0. The van der Waals surface area contributed by atoms with Gasteiger partial charge in [0, 0.05) is 6.42 Å². The summed E-state index contributed by atoms with van der Waals surface area (Å²) in [6.45, 7) is 8.14. The van der Waals surface area contributed by atoms with Gasteiger partial charge < -0.3 is 14.2 Å². The van der Waals surface area contributed by atoms with Crippen LogP contribution in [-0.4, -0.2) is 31.1 Å². The molecule has 1 fully saturated rings. The summed E-state index contributed by atoms with van der Waals surface area (Å²) in [7, 11) is 1.46. The molecule has 0 radical (unpaired) electrons. The zero-order valence-corrected chi connectivity index (χ0v) is 13.2. The zero-order valence-electron chi connectivity index (χ0n) is 13.2. The molecule has 20 heavy (non-hydrogen) atoms. The fourth-order valence-electron chi connectivity index (χ4n) is 3.47. The van der Waals surface area contributed by atoms with Crippen LogP contribution in [0.25, 0.3) is 0 Å². The van der Waals surface area contributed by atoms with E-state index in [9.17, 15) is 4.79 Å². The van der Waals surface area contributed by atoms with Crippen molar-refractivity contribution in [3.8, 4) is 0 Å². The first-order chi connectivity index (χ1) is 9.39. The van der Waals surface area contributed by atoms with Crippen LogP contribution >= 0.6 is 0 Å². The van der Waals surface area contributed by atoms with Crippen LogP contribution < -0.4 is 0 Å². The van der Waals surface area contributed by atoms with Crippen LogP contribution in [0.1, 0.15) is 53.4 Å². The van der Waals surface area contributed by atoms with E-state index >= 15 is 0 Å². The van der Waals surface area contributed by atoms with Crippen molar-refractivity contribution in [3.05, 3.63) is 11.6 Å². The standard InChI is InChI=1S/C16H26O4/c1-6-7-15(14(17)18-5)8-9-16(10-11(15)2)19-12(3)13(4)20-16/h10,12-13H,6-9H2,1-5H3. The number of carbonyl (C=O) groups is 1. The van der Waals surface area contributed by atoms with E-state index in [-0.39, 0.29) is 18.2 Å². The Morgan fingerprint density at radius 3 is 2.40 bits per heavy atom. The number of methoxy groups -OCH3 is 1. The Bertz CT molecular complexity index is 405. The molecule has 4 nitrogen and oxygen atoms in total. The van der Waals surface area contributed by atoms with Crippen LogP contribution in [0.5, 0.6) is 0 Å². The van der Waals surface area contributed by atoms with Gasteiger partial charge in [-0.15, -0.1) is 0 Å². The molecule has 1 spiro atoms. The minimum absolute atomic E-state index is 0.0795. The highest BCUT2D eigenvalue weighted by Crippen LogP contribution is 2.49. The Kier molecular flexibility index (Phi) is 4.26. The van der Waals surface area contributed by atoms with Crippen LogP contribution in [-0.2, 0) is 19.0 Å². The largest absolute Gasteiger partial charge is 0.468 e. The van der Waals surface area contributed by atoms with Gasteiger partial charge >= 0.3 is 5.97 Å². The van der Waals surface area contributed by atoms with Crippen molar-refractivity contribution >= 4 is 5.97 Å². The second-order valence-corrected chi connectivity index (χ2v) is 6.11. The number of rotatable bonds is 3. The summed E-state index contributed by atoms with van der Waals surface area (Å²) in [5, 5.41) is 0. The maximum absolute atomic E-state index is 12.3. The third kappa shape index (κ3) is 2.40. The van der Waals surface area contributed by atoms with Gasteiger partial charge in [-0.3, -0.25) is 4.79 Å². The smallest absolute Gasteiger partial charge is 0.315 e. The van der Waals surface area contributed by atoms with Crippen LogP contribution in [0.4, 0.5) is 0 Å². The van der Waals surface area contributed by atoms with Crippen LogP contribution in [0, 0.1) is 5.41 Å². The molecule has 0 aromatic carbocycles. The fourth-order valence-corrected chi connectivity index (χ4v) is 3.47. The van der Waals surface area contributed by atoms with Gasteiger partial charge in [-0.2, -0.15) is 0 Å². The van der Waals surface area contributed by atoms with Gasteiger partial charge in [0.2, 0.25) is 0 Å². The topological polar surface area (TPSA) is 44.8 Å². The normalized spacial score (nSPS) is 40.8. The molecule has 4 heteroatoms. The Labute approximate surface area is 121 Å². The van der Waals surface area contributed by atoms with Gasteiger partial charge in [0.1, 0.15) is 0 Å². The molecule has 0 N–H and O–H groups in total. The maximum atomic E-state index is 12.3. The molecular weight excluding hydrogens is 256 g/mol. The summed E-state index contributed by atoms with van der Waals surface area (Å²) in [5.74, 6) is -0.782. The molecule has 1 aliphatic carbocycles. The predicted octanol–water partition coefficient (Wildman–Crippen LogP) is 3.21. The Hall–Kier alpha value is -0.870. The van der Waals surface area contributed by atoms with Crippen molar-refractivity contribution in [1.82, 2.24) is 0 Å². The number of hydrogen-bond acceptors (Lipinski definition) is 4. The van der Waals surface area contributed by atoms with Gasteiger partial charge in [0.05, 0.1) is 24.7 Å². The lowest BCUT2D eigenvalue weighted by Crippen LogP contribution is -2.43. The van der Waals surface area contributed by atoms with Crippen molar-refractivity contribution in [2.75, 3.05) is 7.11 Å². The molecule has 0 aromatic rings. The third-order valence-corrected chi connectivity index (χ3v) is 4.78. The minimum atomic E-state index is -0.645. The lowest BCUT2D eigenvalue weighted by molar-refractivity contribution is -0.165. The minimum Gasteiger partial charge on any atom is -0.468 e. The second-order valence-electron chi connectivity index (χ2n) is 6.11. The van der Waals surface area contributed by atoms with Crippen molar-refractivity contribution < 1.29 is 19.0 Å². The maximum Gasteiger partial charge on any atom is 0.315 e. The van der Waals surface area contributed by atoms with E-state index in [4.69, 9.17) is 14.2 Å². The molecule has 0 saturated carbocycles. The van der Waals surface area contributed by atoms with Crippen molar-refractivity contribution in [1.29, 1.82) is 0 Å². The van der Waals surface area contributed by atoms with Gasteiger partial charge in [-0.05, 0) is 39.7 Å². The average molecular weight is 282 g/mol. The van der Waals surface area contributed by atoms with Gasteiger partial charge in [0.15, 0.2) is 5.79 Å². The molecule has 2 aliphatic rings. The number of carbonyl (C=O) groups excluding carboxylic acids is 1. The van der Waals surface area contributed by atoms with E-state index in [0.29, 0.717) is 6.42 Å². The molecule has 3 atom stereocenters. The van der Waals surface area contributed by atoms with Gasteiger partial charge in [-0.1, -0.05) is 18.9 Å². The highest BCUT2D eigenvalue weighted by molar-refractivity contribution is 5.80. The highest BCUT2D eigenvalue weighted by Gasteiger charge is 2.51. The average Bonchev–Trinajstić information content (AvgIpc) is 2.67. The molecule has 114 valence electrons. The van der Waals surface area contributed by atoms with Crippen LogP contribution in [0.2, 0.25) is 0 Å². The summed E-state index contributed by atoms with van der Waals surface area (Å²) in [5.41, 5.74) is 0.509. The fraction of sp³-hybridized carbons (Fsp3) is 0.812. The molecular formula is C16H26O4. The van der Waals surface area contributed by atoms with Crippen molar-refractivity contribution in [2.45, 2.75) is 71.4 Å². The number of hydrogen-bond donors (Lipinski definition) is 0. The molecule has 0 bridgehead atoms. The molecule has 3 unspecified atom stereocenters. The molecule has 1 heterocycles. The lowest BCUT2D eigenvalue weighted by Gasteiger charge is -2.40. The SMILES string of the molecule is CCCC1(C(=O)OC)CCC2(C=C1C)OC(C)C(C)O2. The van der Waals surface area contributed by atoms with E-state index in [1.54, 1.807) is 0 Å². The van der Waals surface area contributed by atoms with E-state index in [0.717, 1.165) is 24.8 Å². The van der Waals surface area contributed by atoms with Gasteiger partial charge in [0.25, 0.3) is 0 Å². The van der Waals surface area contributed by atoms with E-state index < -0.39 is 11.2 Å². The first-order valence-electron chi connectivity index (χ1n) is 7.53. The predicted molar refractivity (Wildman–Crippen MR) is 76.2 cm³/mol. The van der Waals surface area contributed by atoms with Crippen molar-refractivity contribution in [2.24, 2.45) is 5.41 Å². The summed E-state index contributed by atoms with van der Waals surface area (Å²) >= 11 is 0. The Balaban J connectivity index is 2.31. The summed E-state index contributed by atoms with van der Waals surface area (Å²) < 4.78 is 17.1. The quantitative estimate of drug-likeness (QED) is 0.589. The Morgan fingerprint density at radius 1 is 1.35 bits per heavy atom. The number of ether oxygens (including phenoxy) is 3. The summed E-state index contributed by atoms with van der Waals surface area (Å²) in [6, 6.07) is 0. The molecule has 1 aliphatic heterocycles. The third-order valence-electron chi connectivity index (χ3n) is 4.78. The van der Waals surface area contributed by atoms with Crippen molar-refractivity contribution in [3.63, 3.8) is 0 Å². The monoisotopic (exact) mass is 282 g/mol. The molecule has 2 rings (SSSR count). The lowest BCUT2D eigenvalue weighted by atomic mass is 9.69. The second kappa shape index (κ2) is 5.49. The Morgan fingerprint density at radius 2 is 1.95 bits per heavy atom. The molecule has 1 saturated heterocycles. The van der Waals surface area contributed by atoms with E-state index in [1.807, 2.05) is 26.8 Å². The van der Waals surface area contributed by atoms with Crippen LogP contribution in [0.3, 0.4) is 0 Å². The van der Waals surface area contributed by atoms with E-state index in [2.05, 4.69) is 6.92 Å². The first-order valence-corrected chi connectivity index (χ1v) is 7.53. The van der Waals surface area contributed by atoms with Gasteiger partial charge in [-0.25, -0.2) is 0 Å². The molecule has 0 amide bonds. The summed E-state index contributed by atoms with van der Waals surface area (Å²) in [6.07, 6.45) is 5.34. The molecule has 0 aromatic heterocycles. The number of esters is 1. The first kappa shape index (κ1) is 15.5. The van der Waals surface area contributed by atoms with E-state index in [1.165, 1.54) is 7.11 Å². The highest BCUT2D eigenvalue weighted by atomic mass is 16.8. The summed E-state index contributed by atoms with van der Waals surface area (Å²) in [4.78, 5) is 12.3.